The summed E-state index contributed by atoms with van der Waals surface area (Å²) in [7, 11) is 0. The molecule has 0 unspecified atom stereocenters. The fourth-order valence-electron chi connectivity index (χ4n) is 2.45. The van der Waals surface area contributed by atoms with Gasteiger partial charge in [0.05, 0.1) is 0 Å². The van der Waals surface area contributed by atoms with Crippen molar-refractivity contribution in [1.82, 2.24) is 0 Å². The summed E-state index contributed by atoms with van der Waals surface area (Å²) in [6.07, 6.45) is 0. The SMILES string of the molecule is CC(=O)Oc1ccc2cc3ccccc3cc2c1OC(C)=O. The van der Waals surface area contributed by atoms with Crippen LogP contribution in [-0.2, 0) is 9.59 Å². The van der Waals surface area contributed by atoms with Gasteiger partial charge >= 0.3 is 11.9 Å². The molecule has 0 radical (unpaired) electrons. The van der Waals surface area contributed by atoms with Crippen molar-refractivity contribution >= 4 is 33.5 Å². The molecular formula is C18H14O4. The highest BCUT2D eigenvalue weighted by molar-refractivity contribution is 6.03. The molecule has 0 aliphatic heterocycles. The molecule has 0 N–H and O–H groups in total. The summed E-state index contributed by atoms with van der Waals surface area (Å²) in [5, 5.41) is 3.74. The van der Waals surface area contributed by atoms with Crippen molar-refractivity contribution in [2.45, 2.75) is 13.8 Å². The van der Waals surface area contributed by atoms with Crippen LogP contribution in [0.4, 0.5) is 0 Å². The Hall–Kier alpha value is -2.88. The van der Waals surface area contributed by atoms with Crippen LogP contribution in [-0.4, -0.2) is 11.9 Å². The van der Waals surface area contributed by atoms with Crippen molar-refractivity contribution in [2.75, 3.05) is 0 Å². The molecule has 0 saturated carbocycles. The van der Waals surface area contributed by atoms with Crippen LogP contribution < -0.4 is 9.47 Å². The summed E-state index contributed by atoms with van der Waals surface area (Å²) in [5.41, 5.74) is 0. The minimum atomic E-state index is -0.464. The van der Waals surface area contributed by atoms with Gasteiger partial charge in [0.1, 0.15) is 0 Å². The van der Waals surface area contributed by atoms with E-state index in [0.29, 0.717) is 0 Å². The van der Waals surface area contributed by atoms with E-state index in [9.17, 15) is 9.59 Å². The number of hydrogen-bond donors (Lipinski definition) is 0. The number of ether oxygens (including phenoxy) is 2. The highest BCUT2D eigenvalue weighted by atomic mass is 16.6. The molecule has 0 amide bonds. The highest BCUT2D eigenvalue weighted by Gasteiger charge is 2.15. The summed E-state index contributed by atoms with van der Waals surface area (Å²) in [5.74, 6) is -0.418. The van der Waals surface area contributed by atoms with Gasteiger partial charge in [0.15, 0.2) is 11.5 Å². The van der Waals surface area contributed by atoms with Gasteiger partial charge in [0.25, 0.3) is 0 Å². The normalized spacial score (nSPS) is 10.6. The van der Waals surface area contributed by atoms with Gasteiger partial charge in [-0.3, -0.25) is 9.59 Å². The van der Waals surface area contributed by atoms with Gasteiger partial charge in [-0.2, -0.15) is 0 Å². The van der Waals surface area contributed by atoms with E-state index >= 15 is 0 Å². The molecule has 0 aromatic heterocycles. The number of esters is 2. The Balaban J connectivity index is 2.31. The van der Waals surface area contributed by atoms with Gasteiger partial charge < -0.3 is 9.47 Å². The highest BCUT2D eigenvalue weighted by Crippen LogP contribution is 2.38. The van der Waals surface area contributed by atoms with E-state index < -0.39 is 11.9 Å². The van der Waals surface area contributed by atoms with Crippen molar-refractivity contribution in [3.05, 3.63) is 48.5 Å². The summed E-state index contributed by atoms with van der Waals surface area (Å²) >= 11 is 0. The quantitative estimate of drug-likeness (QED) is 0.409. The molecule has 0 bridgehead atoms. The second-order valence-electron chi connectivity index (χ2n) is 5.00. The summed E-state index contributed by atoms with van der Waals surface area (Å²) in [6.45, 7) is 2.62. The molecule has 3 aromatic rings. The molecule has 4 nitrogen and oxygen atoms in total. The number of carbonyl (C=O) groups excluding carboxylic acids is 2. The van der Waals surface area contributed by atoms with Crippen LogP contribution in [0.1, 0.15) is 13.8 Å². The predicted octanol–water partition coefficient (Wildman–Crippen LogP) is 3.84. The predicted molar refractivity (Wildman–Crippen MR) is 84.1 cm³/mol. The Labute approximate surface area is 127 Å². The van der Waals surface area contributed by atoms with Gasteiger partial charge in [-0.1, -0.05) is 30.3 Å². The van der Waals surface area contributed by atoms with E-state index in [1.54, 1.807) is 6.07 Å². The van der Waals surface area contributed by atoms with Crippen LogP contribution in [0.15, 0.2) is 48.5 Å². The van der Waals surface area contributed by atoms with Gasteiger partial charge in [-0.05, 0) is 34.4 Å². The fourth-order valence-corrected chi connectivity index (χ4v) is 2.45. The molecule has 22 heavy (non-hydrogen) atoms. The number of rotatable bonds is 2. The molecule has 3 aromatic carbocycles. The Morgan fingerprint density at radius 1 is 0.773 bits per heavy atom. The fraction of sp³-hybridized carbons (Fsp3) is 0.111. The number of fused-ring (bicyclic) bond motifs is 2. The number of benzene rings is 3. The molecule has 0 aliphatic rings. The molecule has 4 heteroatoms. The van der Waals surface area contributed by atoms with Crippen LogP contribution in [0.2, 0.25) is 0 Å². The zero-order valence-corrected chi connectivity index (χ0v) is 12.3. The van der Waals surface area contributed by atoms with Crippen LogP contribution >= 0.6 is 0 Å². The first-order chi connectivity index (χ1) is 10.5. The minimum absolute atomic E-state index is 0.241. The Bertz CT molecular complexity index is 896. The second kappa shape index (κ2) is 5.48. The lowest BCUT2D eigenvalue weighted by Crippen LogP contribution is -2.07. The molecule has 0 heterocycles. The van der Waals surface area contributed by atoms with Crippen molar-refractivity contribution in [3.8, 4) is 11.5 Å². The molecule has 3 rings (SSSR count). The van der Waals surface area contributed by atoms with Gasteiger partial charge in [-0.15, -0.1) is 0 Å². The van der Waals surface area contributed by atoms with Crippen LogP contribution in [0.5, 0.6) is 11.5 Å². The van der Waals surface area contributed by atoms with E-state index in [1.807, 2.05) is 42.5 Å². The lowest BCUT2D eigenvalue weighted by molar-refractivity contribution is -0.134. The van der Waals surface area contributed by atoms with E-state index in [2.05, 4.69) is 0 Å². The first-order valence-corrected chi connectivity index (χ1v) is 6.87. The van der Waals surface area contributed by atoms with E-state index in [4.69, 9.17) is 9.47 Å². The Kier molecular flexibility index (Phi) is 3.51. The largest absolute Gasteiger partial charge is 0.423 e. The van der Waals surface area contributed by atoms with Crippen LogP contribution in [0, 0.1) is 0 Å². The maximum atomic E-state index is 11.4. The third-order valence-corrected chi connectivity index (χ3v) is 3.30. The first-order valence-electron chi connectivity index (χ1n) is 6.87. The van der Waals surface area contributed by atoms with E-state index in [1.165, 1.54) is 13.8 Å². The van der Waals surface area contributed by atoms with E-state index in [-0.39, 0.29) is 11.5 Å². The number of carbonyl (C=O) groups is 2. The van der Waals surface area contributed by atoms with Gasteiger partial charge in [-0.25, -0.2) is 0 Å². The molecule has 0 fully saturated rings. The smallest absolute Gasteiger partial charge is 0.308 e. The van der Waals surface area contributed by atoms with Gasteiger partial charge in [0, 0.05) is 19.2 Å². The van der Waals surface area contributed by atoms with Crippen molar-refractivity contribution < 1.29 is 19.1 Å². The maximum Gasteiger partial charge on any atom is 0.308 e. The minimum Gasteiger partial charge on any atom is -0.423 e. The average Bonchev–Trinajstić information content (AvgIpc) is 2.47. The number of hydrogen-bond acceptors (Lipinski definition) is 4. The summed E-state index contributed by atoms with van der Waals surface area (Å²) < 4.78 is 10.4. The Morgan fingerprint density at radius 2 is 1.41 bits per heavy atom. The van der Waals surface area contributed by atoms with Crippen molar-refractivity contribution in [3.63, 3.8) is 0 Å². The average molecular weight is 294 g/mol. The van der Waals surface area contributed by atoms with Crippen molar-refractivity contribution in [2.24, 2.45) is 0 Å². The molecule has 110 valence electrons. The van der Waals surface area contributed by atoms with Crippen molar-refractivity contribution in [1.29, 1.82) is 0 Å². The third-order valence-electron chi connectivity index (χ3n) is 3.30. The second-order valence-corrected chi connectivity index (χ2v) is 5.00. The lowest BCUT2D eigenvalue weighted by atomic mass is 10.0. The molecule has 0 saturated heterocycles. The molecular weight excluding hydrogens is 280 g/mol. The zero-order valence-electron chi connectivity index (χ0n) is 12.3. The molecule has 0 spiro atoms. The molecule has 0 atom stereocenters. The third kappa shape index (κ3) is 2.63. The van der Waals surface area contributed by atoms with Gasteiger partial charge in [0.2, 0.25) is 0 Å². The summed E-state index contributed by atoms with van der Waals surface area (Å²) in [6, 6.07) is 15.3. The van der Waals surface area contributed by atoms with Crippen LogP contribution in [0.25, 0.3) is 21.5 Å². The Morgan fingerprint density at radius 3 is 2.05 bits per heavy atom. The lowest BCUT2D eigenvalue weighted by Gasteiger charge is -2.12. The summed E-state index contributed by atoms with van der Waals surface area (Å²) in [4.78, 5) is 22.6. The van der Waals surface area contributed by atoms with Crippen LogP contribution in [0.3, 0.4) is 0 Å². The standard InChI is InChI=1S/C18H14O4/c1-11(19)21-17-8-7-15-9-13-5-3-4-6-14(13)10-16(15)18(17)22-12(2)20/h3-10H,1-2H3. The topological polar surface area (TPSA) is 52.6 Å². The van der Waals surface area contributed by atoms with E-state index in [0.717, 1.165) is 21.5 Å². The zero-order chi connectivity index (χ0) is 15.7. The first kappa shape index (κ1) is 14.1. The monoisotopic (exact) mass is 294 g/mol. The maximum absolute atomic E-state index is 11.4. The molecule has 0 aliphatic carbocycles.